The van der Waals surface area contributed by atoms with Crippen molar-refractivity contribution < 1.29 is 4.79 Å². The molecule has 0 saturated carbocycles. The molecule has 2 rings (SSSR count). The molecule has 3 N–H and O–H groups in total. The van der Waals surface area contributed by atoms with Crippen LogP contribution in [0.4, 0.5) is 5.69 Å². The second-order valence-electron chi connectivity index (χ2n) is 5.15. The Balaban J connectivity index is 1.93. The summed E-state index contributed by atoms with van der Waals surface area (Å²) in [4.78, 5) is 14.1. The van der Waals surface area contributed by atoms with Gasteiger partial charge in [0.15, 0.2) is 5.69 Å². The smallest absolute Gasteiger partial charge is 0.271 e. The van der Waals surface area contributed by atoms with Crippen LogP contribution in [0, 0.1) is 0 Å². The first-order valence-corrected chi connectivity index (χ1v) is 6.91. The highest BCUT2D eigenvalue weighted by molar-refractivity contribution is 5.92. The number of hydrogen-bond acceptors (Lipinski definition) is 4. The lowest BCUT2D eigenvalue weighted by Gasteiger charge is -2.09. The predicted octanol–water partition coefficient (Wildman–Crippen LogP) is 1.14. The van der Waals surface area contributed by atoms with Crippen molar-refractivity contribution in [2.75, 3.05) is 32.9 Å². The summed E-state index contributed by atoms with van der Waals surface area (Å²) in [5.74, 6) is -0.150. The van der Waals surface area contributed by atoms with E-state index < -0.39 is 0 Å². The highest BCUT2D eigenvalue weighted by Gasteiger charge is 2.09. The van der Waals surface area contributed by atoms with E-state index in [1.54, 1.807) is 29.1 Å². The molecule has 0 aliphatic heterocycles. The molecule has 0 bridgehead atoms. The van der Waals surface area contributed by atoms with Gasteiger partial charge in [0.05, 0.1) is 5.69 Å². The van der Waals surface area contributed by atoms with Crippen LogP contribution in [0.1, 0.15) is 16.9 Å². The van der Waals surface area contributed by atoms with Gasteiger partial charge in [0.25, 0.3) is 5.91 Å². The third-order valence-electron chi connectivity index (χ3n) is 3.05. The van der Waals surface area contributed by atoms with Gasteiger partial charge in [0.2, 0.25) is 0 Å². The number of nitrogens with zero attached hydrogens (tertiary/aromatic N) is 3. The van der Waals surface area contributed by atoms with Crippen molar-refractivity contribution in [3.63, 3.8) is 0 Å². The van der Waals surface area contributed by atoms with E-state index in [0.717, 1.165) is 18.7 Å². The van der Waals surface area contributed by atoms with Gasteiger partial charge in [-0.3, -0.25) is 4.79 Å². The van der Waals surface area contributed by atoms with E-state index in [-0.39, 0.29) is 5.91 Å². The zero-order valence-electron chi connectivity index (χ0n) is 12.4. The number of anilines is 1. The van der Waals surface area contributed by atoms with Crippen molar-refractivity contribution in [3.05, 3.63) is 42.2 Å². The lowest BCUT2D eigenvalue weighted by molar-refractivity contribution is 0.0947. The minimum absolute atomic E-state index is 0.150. The van der Waals surface area contributed by atoms with Crippen molar-refractivity contribution in [2.24, 2.45) is 0 Å². The number of nitrogens with one attached hydrogen (secondary N) is 1. The van der Waals surface area contributed by atoms with E-state index >= 15 is 0 Å². The van der Waals surface area contributed by atoms with Crippen LogP contribution < -0.4 is 11.1 Å². The fourth-order valence-electron chi connectivity index (χ4n) is 1.90. The van der Waals surface area contributed by atoms with Crippen LogP contribution >= 0.6 is 0 Å². The van der Waals surface area contributed by atoms with Crippen LogP contribution in [0.5, 0.6) is 0 Å². The molecule has 0 unspecified atom stereocenters. The number of hydrogen-bond donors (Lipinski definition) is 2. The fourth-order valence-corrected chi connectivity index (χ4v) is 1.90. The molecule has 2 aromatic rings. The summed E-state index contributed by atoms with van der Waals surface area (Å²) in [7, 11) is 4.02. The number of carbonyl (C=O) groups is 1. The van der Waals surface area contributed by atoms with E-state index in [1.165, 1.54) is 0 Å². The molecule has 0 atom stereocenters. The predicted molar refractivity (Wildman–Crippen MR) is 83.5 cm³/mol. The van der Waals surface area contributed by atoms with Crippen molar-refractivity contribution >= 4 is 11.6 Å². The molecule has 6 heteroatoms. The summed E-state index contributed by atoms with van der Waals surface area (Å²) in [6, 6.07) is 9.04. The number of nitrogens with two attached hydrogens (primary N) is 1. The molecular formula is C15H21N5O. The summed E-state index contributed by atoms with van der Waals surface area (Å²) < 4.78 is 1.66. The zero-order chi connectivity index (χ0) is 15.2. The van der Waals surface area contributed by atoms with Gasteiger partial charge in [0.1, 0.15) is 0 Å². The van der Waals surface area contributed by atoms with Gasteiger partial charge in [-0.2, -0.15) is 5.10 Å². The average Bonchev–Trinajstić information content (AvgIpc) is 2.94. The van der Waals surface area contributed by atoms with E-state index in [1.807, 2.05) is 26.2 Å². The molecule has 0 aliphatic carbocycles. The molecule has 0 saturated heterocycles. The molecule has 1 aromatic carbocycles. The molecule has 1 heterocycles. The number of rotatable bonds is 6. The Kier molecular flexibility index (Phi) is 4.94. The van der Waals surface area contributed by atoms with Crippen molar-refractivity contribution in [3.8, 4) is 5.69 Å². The van der Waals surface area contributed by atoms with Crippen molar-refractivity contribution in [2.45, 2.75) is 6.42 Å². The van der Waals surface area contributed by atoms with E-state index in [2.05, 4.69) is 15.3 Å². The number of carbonyl (C=O) groups excluding carboxylic acids is 1. The van der Waals surface area contributed by atoms with Gasteiger partial charge >= 0.3 is 0 Å². The van der Waals surface area contributed by atoms with Gasteiger partial charge < -0.3 is 16.0 Å². The first-order chi connectivity index (χ1) is 10.1. The van der Waals surface area contributed by atoms with Gasteiger partial charge in [-0.25, -0.2) is 4.68 Å². The van der Waals surface area contributed by atoms with Gasteiger partial charge in [-0.15, -0.1) is 0 Å². The Morgan fingerprint density at radius 1 is 1.29 bits per heavy atom. The second kappa shape index (κ2) is 6.90. The molecule has 0 radical (unpaired) electrons. The lowest BCUT2D eigenvalue weighted by Crippen LogP contribution is -2.27. The third kappa shape index (κ3) is 4.32. The molecule has 1 aromatic heterocycles. The Bertz CT molecular complexity index is 588. The maximum Gasteiger partial charge on any atom is 0.271 e. The fraction of sp³-hybridized carbons (Fsp3) is 0.333. The van der Waals surface area contributed by atoms with Crippen molar-refractivity contribution in [1.29, 1.82) is 0 Å². The molecular weight excluding hydrogens is 266 g/mol. The Labute approximate surface area is 124 Å². The normalized spacial score (nSPS) is 10.8. The van der Waals surface area contributed by atoms with Crippen LogP contribution in [-0.4, -0.2) is 47.8 Å². The topological polar surface area (TPSA) is 76.2 Å². The minimum Gasteiger partial charge on any atom is -0.399 e. The van der Waals surface area contributed by atoms with Crippen LogP contribution in [0.2, 0.25) is 0 Å². The Morgan fingerprint density at radius 2 is 2.00 bits per heavy atom. The SMILES string of the molecule is CN(C)CCCNC(=O)c1ccn(-c2ccc(N)cc2)n1. The van der Waals surface area contributed by atoms with Crippen LogP contribution in [-0.2, 0) is 0 Å². The first kappa shape index (κ1) is 15.1. The minimum atomic E-state index is -0.150. The second-order valence-corrected chi connectivity index (χ2v) is 5.15. The Hall–Kier alpha value is -2.34. The van der Waals surface area contributed by atoms with Gasteiger partial charge in [-0.05, 0) is 57.4 Å². The molecule has 1 amide bonds. The molecule has 0 spiro atoms. The zero-order valence-corrected chi connectivity index (χ0v) is 12.4. The quantitative estimate of drug-likeness (QED) is 0.617. The largest absolute Gasteiger partial charge is 0.399 e. The van der Waals surface area contributed by atoms with E-state index in [4.69, 9.17) is 5.73 Å². The Morgan fingerprint density at radius 3 is 2.67 bits per heavy atom. The third-order valence-corrected chi connectivity index (χ3v) is 3.05. The van der Waals surface area contributed by atoms with Crippen molar-refractivity contribution in [1.82, 2.24) is 20.0 Å². The summed E-state index contributed by atoms with van der Waals surface area (Å²) in [5.41, 5.74) is 7.63. The highest BCUT2D eigenvalue weighted by Crippen LogP contribution is 2.10. The monoisotopic (exact) mass is 287 g/mol. The van der Waals surface area contributed by atoms with E-state index in [9.17, 15) is 4.79 Å². The van der Waals surface area contributed by atoms with Crippen LogP contribution in [0.3, 0.4) is 0 Å². The maximum absolute atomic E-state index is 12.0. The lowest BCUT2D eigenvalue weighted by atomic mass is 10.3. The molecule has 6 nitrogen and oxygen atoms in total. The van der Waals surface area contributed by atoms with E-state index in [0.29, 0.717) is 17.9 Å². The van der Waals surface area contributed by atoms with Crippen LogP contribution in [0.25, 0.3) is 5.69 Å². The number of amides is 1. The number of nitrogen functional groups attached to an aromatic ring is 1. The molecule has 21 heavy (non-hydrogen) atoms. The summed E-state index contributed by atoms with van der Waals surface area (Å²) >= 11 is 0. The summed E-state index contributed by atoms with van der Waals surface area (Å²) in [6.07, 6.45) is 2.68. The number of aromatic nitrogens is 2. The molecule has 0 aliphatic rings. The van der Waals surface area contributed by atoms with Crippen LogP contribution in [0.15, 0.2) is 36.5 Å². The molecule has 0 fully saturated rings. The average molecular weight is 287 g/mol. The standard InChI is InChI=1S/C15H21N5O/c1-19(2)10-3-9-17-15(21)14-8-11-20(18-14)13-6-4-12(16)5-7-13/h4-8,11H,3,9-10,16H2,1-2H3,(H,17,21). The summed E-state index contributed by atoms with van der Waals surface area (Å²) in [6.45, 7) is 1.59. The highest BCUT2D eigenvalue weighted by atomic mass is 16.1. The number of benzene rings is 1. The van der Waals surface area contributed by atoms with Gasteiger partial charge in [0, 0.05) is 18.4 Å². The molecule has 112 valence electrons. The maximum atomic E-state index is 12.0. The van der Waals surface area contributed by atoms with Gasteiger partial charge in [-0.1, -0.05) is 0 Å². The first-order valence-electron chi connectivity index (χ1n) is 6.91. The summed E-state index contributed by atoms with van der Waals surface area (Å²) in [5, 5.41) is 7.14.